The molecule has 94 valence electrons. The smallest absolute Gasteiger partial charge is 0.0899 e. The number of aryl methyl sites for hydroxylation is 1. The highest BCUT2D eigenvalue weighted by atomic mass is 16.3. The summed E-state index contributed by atoms with van der Waals surface area (Å²) in [6, 6.07) is 8.37. The van der Waals surface area contributed by atoms with Crippen LogP contribution in [0, 0.1) is 18.8 Å². The van der Waals surface area contributed by atoms with Crippen LogP contribution in [0.1, 0.15) is 50.7 Å². The van der Waals surface area contributed by atoms with Crippen molar-refractivity contribution in [3.63, 3.8) is 0 Å². The summed E-state index contributed by atoms with van der Waals surface area (Å²) in [5, 5.41) is 10.9. The van der Waals surface area contributed by atoms with Crippen molar-refractivity contribution in [3.05, 3.63) is 35.4 Å². The first-order chi connectivity index (χ1) is 8.01. The topological polar surface area (TPSA) is 20.2 Å². The number of aliphatic hydroxyl groups is 1. The maximum atomic E-state index is 10.9. The van der Waals surface area contributed by atoms with Crippen molar-refractivity contribution >= 4 is 0 Å². The minimum atomic E-state index is -0.584. The molecule has 1 nitrogen and oxygen atoms in total. The minimum Gasteiger partial charge on any atom is -0.385 e. The first-order valence-corrected chi connectivity index (χ1v) is 6.81. The molecule has 0 amide bonds. The Labute approximate surface area is 105 Å². The van der Waals surface area contributed by atoms with Gasteiger partial charge in [-0.15, -0.1) is 0 Å². The Morgan fingerprint density at radius 3 is 2.76 bits per heavy atom. The van der Waals surface area contributed by atoms with Crippen molar-refractivity contribution < 1.29 is 5.11 Å². The van der Waals surface area contributed by atoms with E-state index < -0.39 is 5.60 Å². The Morgan fingerprint density at radius 2 is 2.12 bits per heavy atom. The van der Waals surface area contributed by atoms with Crippen molar-refractivity contribution in [2.75, 3.05) is 0 Å². The Bertz CT molecular complexity index is 383. The van der Waals surface area contributed by atoms with E-state index in [1.54, 1.807) is 0 Å². The number of benzene rings is 1. The monoisotopic (exact) mass is 232 g/mol. The van der Waals surface area contributed by atoms with E-state index in [1.807, 2.05) is 0 Å². The van der Waals surface area contributed by atoms with E-state index in [9.17, 15) is 5.11 Å². The zero-order valence-corrected chi connectivity index (χ0v) is 11.2. The van der Waals surface area contributed by atoms with Crippen LogP contribution in [0.4, 0.5) is 0 Å². The molecule has 0 bridgehead atoms. The second kappa shape index (κ2) is 4.81. The summed E-state index contributed by atoms with van der Waals surface area (Å²) in [6.45, 7) is 6.63. The molecular weight excluding hydrogens is 208 g/mol. The van der Waals surface area contributed by atoms with Crippen molar-refractivity contribution in [1.82, 2.24) is 0 Å². The SMILES string of the molecule is Cc1cccc(C2(O)CCCC(C(C)C)C2)c1. The minimum absolute atomic E-state index is 0.584. The lowest BCUT2D eigenvalue weighted by Gasteiger charge is -2.39. The van der Waals surface area contributed by atoms with Crippen LogP contribution in [0.5, 0.6) is 0 Å². The Balaban J connectivity index is 2.23. The first kappa shape index (κ1) is 12.6. The molecule has 17 heavy (non-hydrogen) atoms. The molecule has 1 aromatic rings. The molecule has 1 saturated carbocycles. The number of hydrogen-bond donors (Lipinski definition) is 1. The molecular formula is C16H24O. The lowest BCUT2D eigenvalue weighted by molar-refractivity contribution is -0.0295. The average molecular weight is 232 g/mol. The second-order valence-electron chi connectivity index (χ2n) is 6.00. The highest BCUT2D eigenvalue weighted by Gasteiger charge is 2.36. The predicted molar refractivity (Wildman–Crippen MR) is 71.9 cm³/mol. The van der Waals surface area contributed by atoms with Crippen LogP contribution < -0.4 is 0 Å². The van der Waals surface area contributed by atoms with Gasteiger partial charge in [0.15, 0.2) is 0 Å². The predicted octanol–water partition coefficient (Wildman–Crippen LogP) is 4.03. The average Bonchev–Trinajstić information content (AvgIpc) is 2.29. The van der Waals surface area contributed by atoms with Crippen LogP contribution in [0.2, 0.25) is 0 Å². The zero-order chi connectivity index (χ0) is 12.5. The van der Waals surface area contributed by atoms with Crippen molar-refractivity contribution in [2.45, 2.75) is 52.1 Å². The molecule has 2 atom stereocenters. The van der Waals surface area contributed by atoms with Crippen molar-refractivity contribution in [3.8, 4) is 0 Å². The van der Waals surface area contributed by atoms with Gasteiger partial charge >= 0.3 is 0 Å². The van der Waals surface area contributed by atoms with Gasteiger partial charge in [0.25, 0.3) is 0 Å². The molecule has 1 heteroatoms. The third-order valence-electron chi connectivity index (χ3n) is 4.26. The van der Waals surface area contributed by atoms with Crippen LogP contribution in [0.25, 0.3) is 0 Å². The van der Waals surface area contributed by atoms with E-state index in [4.69, 9.17) is 0 Å². The largest absolute Gasteiger partial charge is 0.385 e. The van der Waals surface area contributed by atoms with E-state index in [0.29, 0.717) is 11.8 Å². The lowest BCUT2D eigenvalue weighted by Crippen LogP contribution is -2.34. The van der Waals surface area contributed by atoms with Crippen molar-refractivity contribution in [1.29, 1.82) is 0 Å². The van der Waals surface area contributed by atoms with Crippen LogP contribution in [0.15, 0.2) is 24.3 Å². The molecule has 1 fully saturated rings. The lowest BCUT2D eigenvalue weighted by atomic mass is 9.71. The summed E-state index contributed by atoms with van der Waals surface area (Å²) in [5.41, 5.74) is 1.77. The van der Waals surface area contributed by atoms with E-state index >= 15 is 0 Å². The van der Waals surface area contributed by atoms with Gasteiger partial charge in [-0.05, 0) is 50.0 Å². The summed E-state index contributed by atoms with van der Waals surface area (Å²) >= 11 is 0. The maximum Gasteiger partial charge on any atom is 0.0899 e. The fraction of sp³-hybridized carbons (Fsp3) is 0.625. The normalized spacial score (nSPS) is 29.6. The van der Waals surface area contributed by atoms with Gasteiger partial charge in [0.2, 0.25) is 0 Å². The molecule has 0 heterocycles. The summed E-state index contributed by atoms with van der Waals surface area (Å²) in [6.07, 6.45) is 4.26. The molecule has 1 aliphatic rings. The van der Waals surface area contributed by atoms with Crippen LogP contribution in [0.3, 0.4) is 0 Å². The van der Waals surface area contributed by atoms with Gasteiger partial charge in [0, 0.05) is 0 Å². The summed E-state index contributed by atoms with van der Waals surface area (Å²) in [4.78, 5) is 0. The van der Waals surface area contributed by atoms with Crippen LogP contribution >= 0.6 is 0 Å². The first-order valence-electron chi connectivity index (χ1n) is 6.81. The van der Waals surface area contributed by atoms with Crippen LogP contribution in [-0.4, -0.2) is 5.11 Å². The molecule has 0 spiro atoms. The number of hydrogen-bond acceptors (Lipinski definition) is 1. The van der Waals surface area contributed by atoms with Gasteiger partial charge in [0.1, 0.15) is 0 Å². The molecule has 0 aromatic heterocycles. The molecule has 0 radical (unpaired) electrons. The Morgan fingerprint density at radius 1 is 1.35 bits per heavy atom. The fourth-order valence-electron chi connectivity index (χ4n) is 3.06. The van der Waals surface area contributed by atoms with Crippen molar-refractivity contribution in [2.24, 2.45) is 11.8 Å². The van der Waals surface area contributed by atoms with E-state index in [1.165, 1.54) is 12.0 Å². The Hall–Kier alpha value is -0.820. The van der Waals surface area contributed by atoms with E-state index in [-0.39, 0.29) is 0 Å². The highest BCUT2D eigenvalue weighted by molar-refractivity contribution is 5.28. The summed E-state index contributed by atoms with van der Waals surface area (Å²) < 4.78 is 0. The zero-order valence-electron chi connectivity index (χ0n) is 11.2. The van der Waals surface area contributed by atoms with Gasteiger partial charge in [-0.25, -0.2) is 0 Å². The molecule has 2 rings (SSSR count). The Kier molecular flexibility index (Phi) is 3.58. The highest BCUT2D eigenvalue weighted by Crippen LogP contribution is 2.42. The molecule has 1 aliphatic carbocycles. The van der Waals surface area contributed by atoms with Crippen LogP contribution in [-0.2, 0) is 5.60 Å². The van der Waals surface area contributed by atoms with E-state index in [2.05, 4.69) is 45.0 Å². The fourth-order valence-corrected chi connectivity index (χ4v) is 3.06. The number of rotatable bonds is 2. The molecule has 2 unspecified atom stereocenters. The third kappa shape index (κ3) is 2.71. The second-order valence-corrected chi connectivity index (χ2v) is 6.00. The van der Waals surface area contributed by atoms with Gasteiger partial charge in [-0.2, -0.15) is 0 Å². The van der Waals surface area contributed by atoms with E-state index in [0.717, 1.165) is 24.8 Å². The maximum absolute atomic E-state index is 10.9. The standard InChI is InChI=1S/C16H24O/c1-12(2)14-7-5-9-16(17,11-14)15-8-4-6-13(3)10-15/h4,6,8,10,12,14,17H,5,7,9,11H2,1-3H3. The van der Waals surface area contributed by atoms with Gasteiger partial charge < -0.3 is 5.11 Å². The third-order valence-corrected chi connectivity index (χ3v) is 4.26. The van der Waals surface area contributed by atoms with Gasteiger partial charge in [-0.1, -0.05) is 43.7 Å². The van der Waals surface area contributed by atoms with Gasteiger partial charge in [0.05, 0.1) is 5.60 Å². The molecule has 1 aromatic carbocycles. The molecule has 1 N–H and O–H groups in total. The molecule has 0 saturated heterocycles. The van der Waals surface area contributed by atoms with Gasteiger partial charge in [-0.3, -0.25) is 0 Å². The summed E-state index contributed by atoms with van der Waals surface area (Å²) in [5.74, 6) is 1.33. The molecule has 0 aliphatic heterocycles. The summed E-state index contributed by atoms with van der Waals surface area (Å²) in [7, 11) is 0. The quantitative estimate of drug-likeness (QED) is 0.816.